The Balaban J connectivity index is 0.000000280. The van der Waals surface area contributed by atoms with Crippen molar-refractivity contribution in [3.8, 4) is 11.5 Å². The van der Waals surface area contributed by atoms with Gasteiger partial charge in [0, 0.05) is 21.3 Å². The van der Waals surface area contributed by atoms with Crippen molar-refractivity contribution in [3.63, 3.8) is 0 Å². The summed E-state index contributed by atoms with van der Waals surface area (Å²) >= 11 is 4.35. The second-order valence-electron chi connectivity index (χ2n) is 9.57. The molecule has 0 unspecified atom stereocenters. The van der Waals surface area contributed by atoms with Gasteiger partial charge in [-0.3, -0.25) is 0 Å². The smallest absolute Gasteiger partial charge is 0.860 e. The van der Waals surface area contributed by atoms with Crippen LogP contribution in [0.4, 0.5) is 11.4 Å². The van der Waals surface area contributed by atoms with Crippen LogP contribution in [0.25, 0.3) is 0 Å². The van der Waals surface area contributed by atoms with Gasteiger partial charge < -0.3 is 29.5 Å². The molecule has 0 N–H and O–H groups in total. The van der Waals surface area contributed by atoms with Crippen LogP contribution in [0.1, 0.15) is 27.7 Å². The first kappa shape index (κ1) is 34.9. The van der Waals surface area contributed by atoms with Crippen LogP contribution in [-0.2, 0) is 17.1 Å². The zero-order chi connectivity index (χ0) is 29.4. The van der Waals surface area contributed by atoms with Gasteiger partial charge >= 0.3 is 17.1 Å². The third-order valence-electron chi connectivity index (χ3n) is 5.77. The maximum absolute atomic E-state index is 12.5. The largest absolute Gasteiger partial charge is 2.00 e. The molecule has 0 spiro atoms. The first-order chi connectivity index (χ1) is 19.0. The minimum atomic E-state index is -0.0285. The molecule has 0 atom stereocenters. The molecule has 9 heteroatoms. The van der Waals surface area contributed by atoms with Gasteiger partial charge in [0.1, 0.15) is 11.5 Å². The van der Waals surface area contributed by atoms with E-state index >= 15 is 0 Å². The van der Waals surface area contributed by atoms with Crippen LogP contribution in [0.2, 0.25) is 0 Å². The van der Waals surface area contributed by atoms with E-state index in [0.717, 1.165) is 30.0 Å². The topological polar surface area (TPSA) is 71.1 Å². The van der Waals surface area contributed by atoms with Crippen LogP contribution < -0.4 is 29.5 Å². The zero-order valence-corrected chi connectivity index (χ0v) is 29.3. The zero-order valence-electron chi connectivity index (χ0n) is 23.9. The van der Waals surface area contributed by atoms with Crippen LogP contribution in [0, 0.1) is 0 Å². The summed E-state index contributed by atoms with van der Waals surface area (Å²) in [6.07, 6.45) is 11.5. The predicted molar refractivity (Wildman–Crippen MR) is 178 cm³/mol. The Kier molecular flexibility index (Phi) is 13.9. The normalized spacial score (nSPS) is 16.0. The molecule has 0 amide bonds. The number of hydrogen-bond acceptors (Lipinski definition) is 6. The number of rotatable bonds is 8. The summed E-state index contributed by atoms with van der Waals surface area (Å²) in [5.41, 5.74) is 2.99. The number of ether oxygens (including phenoxy) is 2. The first-order valence-corrected chi connectivity index (χ1v) is 15.1. The van der Waals surface area contributed by atoms with Crippen LogP contribution in [0.5, 0.6) is 11.5 Å². The van der Waals surface area contributed by atoms with Crippen molar-refractivity contribution >= 4 is 56.6 Å². The fourth-order valence-electron chi connectivity index (χ4n) is 3.90. The average Bonchev–Trinajstić information content (AvgIpc) is 3.55. The van der Waals surface area contributed by atoms with Crippen molar-refractivity contribution in [2.24, 2.45) is 0 Å². The third-order valence-corrected chi connectivity index (χ3v) is 7.66. The van der Waals surface area contributed by atoms with Gasteiger partial charge in [-0.15, -0.1) is 0 Å². The van der Waals surface area contributed by atoms with E-state index in [0.29, 0.717) is 11.1 Å². The van der Waals surface area contributed by atoms with Crippen LogP contribution in [0.3, 0.4) is 0 Å². The number of nitrogens with zero attached hydrogens (tertiary/aromatic N) is 2. The molecule has 0 saturated carbocycles. The molecule has 2 aromatic rings. The van der Waals surface area contributed by atoms with Crippen LogP contribution >= 0.6 is 45.2 Å². The molecule has 41 heavy (non-hydrogen) atoms. The Morgan fingerprint density at radius 1 is 0.659 bits per heavy atom. The molecule has 2 aliphatic carbocycles. The third kappa shape index (κ3) is 9.33. The van der Waals surface area contributed by atoms with Gasteiger partial charge in [-0.25, -0.2) is 0 Å². The number of anilines is 2. The average molecular weight is 820 g/mol. The quantitative estimate of drug-likeness (QED) is 0.167. The Morgan fingerprint density at radius 3 is 1.29 bits per heavy atom. The van der Waals surface area contributed by atoms with Gasteiger partial charge in [-0.05, 0) is 132 Å². The van der Waals surface area contributed by atoms with E-state index in [-0.39, 0.29) is 41.0 Å². The predicted octanol–water partition coefficient (Wildman–Crippen LogP) is 6.74. The van der Waals surface area contributed by atoms with Gasteiger partial charge in [0.05, 0.1) is 23.6 Å². The van der Waals surface area contributed by atoms with Crippen molar-refractivity contribution in [2.75, 3.05) is 23.9 Å². The van der Waals surface area contributed by atoms with Crippen LogP contribution in [0.15, 0.2) is 115 Å². The van der Waals surface area contributed by atoms with Gasteiger partial charge in [0.2, 0.25) is 0 Å². The minimum Gasteiger partial charge on any atom is -0.860 e. The van der Waals surface area contributed by atoms with E-state index in [4.69, 9.17) is 9.47 Å². The van der Waals surface area contributed by atoms with Crippen molar-refractivity contribution in [2.45, 2.75) is 39.9 Å². The maximum Gasteiger partial charge on any atom is 2.00 e. The molecule has 0 saturated heterocycles. The fourth-order valence-corrected chi connectivity index (χ4v) is 5.14. The second-order valence-corrected chi connectivity index (χ2v) is 11.9. The summed E-state index contributed by atoms with van der Waals surface area (Å²) in [6.45, 7) is 7.88. The Labute approximate surface area is 281 Å². The number of halogens is 2. The second kappa shape index (κ2) is 16.3. The molecule has 2 aromatic carbocycles. The summed E-state index contributed by atoms with van der Waals surface area (Å²) in [4.78, 5) is 3.27. The van der Waals surface area contributed by atoms with Crippen molar-refractivity contribution in [3.05, 3.63) is 115 Å². The molecule has 0 heterocycles. The van der Waals surface area contributed by atoms with E-state index in [2.05, 4.69) is 45.2 Å². The van der Waals surface area contributed by atoms with E-state index in [1.165, 1.54) is 0 Å². The summed E-state index contributed by atoms with van der Waals surface area (Å²) < 4.78 is 13.5. The van der Waals surface area contributed by atoms with Gasteiger partial charge in [0.25, 0.3) is 0 Å². The van der Waals surface area contributed by atoms with Crippen molar-refractivity contribution < 1.29 is 36.8 Å². The molecule has 0 bridgehead atoms. The molecule has 4 rings (SSSR count). The molecule has 0 radical (unpaired) electrons. The van der Waals surface area contributed by atoms with Crippen molar-refractivity contribution in [1.29, 1.82) is 0 Å². The SMILES string of the molecule is CC(C)Oc1ccccc1N(C)/C([O-])=C1/C=CC=C1I.CC(C)Oc1ccccc1N(C)/C([O-])=C1/C=CC=C1I.[Fe+2]. The number of allylic oxidation sites excluding steroid dienone is 10. The summed E-state index contributed by atoms with van der Waals surface area (Å²) in [7, 11) is 3.54. The maximum atomic E-state index is 12.5. The number of para-hydroxylation sites is 4. The molecular weight excluding hydrogens is 786 g/mol. The molecular formula is C32H34FeI2N2O4. The first-order valence-electron chi connectivity index (χ1n) is 12.9. The van der Waals surface area contributed by atoms with Crippen LogP contribution in [-0.4, -0.2) is 26.3 Å². The molecule has 218 valence electrons. The Morgan fingerprint density at radius 2 is 1.00 bits per heavy atom. The van der Waals surface area contributed by atoms with Gasteiger partial charge in [0.15, 0.2) is 0 Å². The van der Waals surface area contributed by atoms with E-state index in [1.807, 2.05) is 113 Å². The number of hydrogen-bond donors (Lipinski definition) is 0. The molecule has 0 aliphatic heterocycles. The molecule has 0 aromatic heterocycles. The molecule has 2 aliphatic rings. The standard InChI is InChI=1S/2C16H18INO2.Fe/c2*1-11(2)20-15-10-5-4-9-14(15)18(3)16(19)12-7-6-8-13(12)17;/h2*4-11,19H,1-3H3;/q;;+2/p-2/b2*16-12+;. The Hall–Kier alpha value is -2.34. The van der Waals surface area contributed by atoms with E-state index in [9.17, 15) is 10.2 Å². The van der Waals surface area contributed by atoms with Gasteiger partial charge in [-0.2, -0.15) is 0 Å². The van der Waals surface area contributed by atoms with Gasteiger partial charge in [-0.1, -0.05) is 48.6 Å². The van der Waals surface area contributed by atoms with E-state index < -0.39 is 0 Å². The van der Waals surface area contributed by atoms with Crippen molar-refractivity contribution in [1.82, 2.24) is 0 Å². The summed E-state index contributed by atoms with van der Waals surface area (Å²) in [6, 6.07) is 15.2. The number of benzene rings is 2. The Bertz CT molecular complexity index is 1290. The summed E-state index contributed by atoms with van der Waals surface area (Å²) in [5.74, 6) is 1.39. The molecule has 0 fully saturated rings. The van der Waals surface area contributed by atoms with E-state index in [1.54, 1.807) is 23.9 Å². The molecule has 6 nitrogen and oxygen atoms in total. The fraction of sp³-hybridized carbons (Fsp3) is 0.250. The minimum absolute atomic E-state index is 0. The summed E-state index contributed by atoms with van der Waals surface area (Å²) in [5, 5.41) is 25.1. The monoisotopic (exact) mass is 820 g/mol.